The molecule has 1 saturated heterocycles. The Balaban J connectivity index is 0.000000720. The number of rotatable bonds is 0. The fourth-order valence-electron chi connectivity index (χ4n) is 1.61. The number of fused-ring (bicyclic) bond motifs is 1. The van der Waals surface area contributed by atoms with Crippen molar-refractivity contribution in [1.29, 1.82) is 0 Å². The van der Waals surface area contributed by atoms with Crippen LogP contribution in [0.5, 0.6) is 0 Å². The SMILES string of the molecule is Cl.O=C1NC=NC2CNCCC12. The fourth-order valence-corrected chi connectivity index (χ4v) is 1.61. The van der Waals surface area contributed by atoms with Gasteiger partial charge in [0.15, 0.2) is 0 Å². The van der Waals surface area contributed by atoms with Crippen molar-refractivity contribution in [2.45, 2.75) is 12.5 Å². The van der Waals surface area contributed by atoms with Crippen LogP contribution in [0.25, 0.3) is 0 Å². The van der Waals surface area contributed by atoms with E-state index in [1.54, 1.807) is 0 Å². The number of carbonyl (C=O) groups excluding carboxylic acids is 1. The number of piperidine rings is 1. The van der Waals surface area contributed by atoms with Gasteiger partial charge in [-0.05, 0) is 13.0 Å². The largest absolute Gasteiger partial charge is 0.317 e. The molecule has 0 spiro atoms. The summed E-state index contributed by atoms with van der Waals surface area (Å²) in [5, 5.41) is 5.83. The molecule has 0 aliphatic carbocycles. The fraction of sp³-hybridized carbons (Fsp3) is 0.714. The van der Waals surface area contributed by atoms with Gasteiger partial charge in [0.1, 0.15) is 0 Å². The van der Waals surface area contributed by atoms with Crippen molar-refractivity contribution in [1.82, 2.24) is 10.6 Å². The first-order valence-electron chi connectivity index (χ1n) is 3.90. The summed E-state index contributed by atoms with van der Waals surface area (Å²) in [6.07, 6.45) is 2.42. The molecule has 12 heavy (non-hydrogen) atoms. The molecular formula is C7H12ClN3O. The molecule has 2 aliphatic rings. The van der Waals surface area contributed by atoms with E-state index in [1.165, 1.54) is 6.34 Å². The van der Waals surface area contributed by atoms with Crippen molar-refractivity contribution >= 4 is 24.7 Å². The van der Waals surface area contributed by atoms with E-state index in [9.17, 15) is 4.79 Å². The lowest BCUT2D eigenvalue weighted by molar-refractivity contribution is -0.125. The van der Waals surface area contributed by atoms with Gasteiger partial charge in [0.05, 0.1) is 18.3 Å². The van der Waals surface area contributed by atoms with Gasteiger partial charge in [-0.25, -0.2) is 0 Å². The molecule has 2 aliphatic heterocycles. The van der Waals surface area contributed by atoms with Gasteiger partial charge < -0.3 is 10.6 Å². The number of aliphatic imine (C=N–C) groups is 1. The third-order valence-corrected chi connectivity index (χ3v) is 2.26. The number of nitrogens with zero attached hydrogens (tertiary/aromatic N) is 1. The first-order valence-corrected chi connectivity index (χ1v) is 3.90. The van der Waals surface area contributed by atoms with Crippen LogP contribution in [-0.2, 0) is 4.79 Å². The molecule has 0 saturated carbocycles. The quantitative estimate of drug-likeness (QED) is 0.542. The maximum Gasteiger partial charge on any atom is 0.230 e. The Morgan fingerprint density at radius 3 is 3.17 bits per heavy atom. The Hall–Kier alpha value is -0.610. The molecule has 0 aromatic heterocycles. The van der Waals surface area contributed by atoms with E-state index in [0.29, 0.717) is 0 Å². The maximum absolute atomic E-state index is 11.2. The first-order chi connectivity index (χ1) is 5.38. The van der Waals surface area contributed by atoms with E-state index in [2.05, 4.69) is 15.6 Å². The number of nitrogens with one attached hydrogen (secondary N) is 2. The average Bonchev–Trinajstić information content (AvgIpc) is 2.06. The highest BCUT2D eigenvalue weighted by Gasteiger charge is 2.31. The summed E-state index contributed by atoms with van der Waals surface area (Å²) in [7, 11) is 0. The molecule has 0 bridgehead atoms. The second-order valence-electron chi connectivity index (χ2n) is 2.95. The van der Waals surface area contributed by atoms with Crippen LogP contribution in [0.3, 0.4) is 0 Å². The summed E-state index contributed by atoms with van der Waals surface area (Å²) in [6.45, 7) is 1.78. The molecule has 2 rings (SSSR count). The van der Waals surface area contributed by atoms with Crippen LogP contribution in [0.15, 0.2) is 4.99 Å². The van der Waals surface area contributed by atoms with Crippen molar-refractivity contribution in [3.8, 4) is 0 Å². The first kappa shape index (κ1) is 9.48. The summed E-state index contributed by atoms with van der Waals surface area (Å²) in [5.41, 5.74) is 0. The zero-order valence-corrected chi connectivity index (χ0v) is 7.43. The Kier molecular flexibility index (Phi) is 3.05. The standard InChI is InChI=1S/C7H11N3O.ClH/c11-7-5-1-2-8-3-6(5)9-4-10-7;/h4-6,8H,1-3H2,(H,9,10,11);1H. The summed E-state index contributed by atoms with van der Waals surface area (Å²) >= 11 is 0. The van der Waals surface area contributed by atoms with E-state index < -0.39 is 0 Å². The third kappa shape index (κ3) is 1.59. The predicted molar refractivity (Wildman–Crippen MR) is 48.6 cm³/mol. The zero-order chi connectivity index (χ0) is 7.68. The number of halogens is 1. The number of hydrogen-bond donors (Lipinski definition) is 2. The average molecular weight is 190 g/mol. The molecule has 2 unspecified atom stereocenters. The van der Waals surface area contributed by atoms with Crippen LogP contribution in [0, 0.1) is 5.92 Å². The molecule has 2 atom stereocenters. The van der Waals surface area contributed by atoms with Gasteiger partial charge in [0.2, 0.25) is 5.91 Å². The molecule has 1 fully saturated rings. The molecule has 0 radical (unpaired) electrons. The Morgan fingerprint density at radius 2 is 2.42 bits per heavy atom. The molecule has 0 aromatic rings. The lowest BCUT2D eigenvalue weighted by Gasteiger charge is -2.30. The summed E-state index contributed by atoms with van der Waals surface area (Å²) < 4.78 is 0. The van der Waals surface area contributed by atoms with Crippen molar-refractivity contribution in [3.63, 3.8) is 0 Å². The lowest BCUT2D eigenvalue weighted by Crippen LogP contribution is -2.49. The van der Waals surface area contributed by atoms with Crippen molar-refractivity contribution in [2.24, 2.45) is 10.9 Å². The second kappa shape index (κ2) is 3.87. The van der Waals surface area contributed by atoms with Gasteiger partial charge in [0.25, 0.3) is 0 Å². The van der Waals surface area contributed by atoms with E-state index in [-0.39, 0.29) is 30.3 Å². The Labute approximate surface area is 77.2 Å². The normalized spacial score (nSPS) is 33.2. The van der Waals surface area contributed by atoms with Crippen LogP contribution >= 0.6 is 12.4 Å². The van der Waals surface area contributed by atoms with E-state index >= 15 is 0 Å². The molecule has 5 heteroatoms. The number of hydrogen-bond acceptors (Lipinski definition) is 3. The molecule has 4 nitrogen and oxygen atoms in total. The summed E-state index contributed by atoms with van der Waals surface area (Å²) in [5.74, 6) is 0.243. The smallest absolute Gasteiger partial charge is 0.230 e. The van der Waals surface area contributed by atoms with Crippen molar-refractivity contribution < 1.29 is 4.79 Å². The van der Waals surface area contributed by atoms with Gasteiger partial charge in [-0.15, -0.1) is 12.4 Å². The maximum atomic E-state index is 11.2. The molecule has 1 amide bonds. The lowest BCUT2D eigenvalue weighted by atomic mass is 9.91. The van der Waals surface area contributed by atoms with Gasteiger partial charge in [-0.2, -0.15) is 0 Å². The van der Waals surface area contributed by atoms with Gasteiger partial charge >= 0.3 is 0 Å². The van der Waals surface area contributed by atoms with Gasteiger partial charge in [-0.1, -0.05) is 0 Å². The number of carbonyl (C=O) groups is 1. The van der Waals surface area contributed by atoms with Gasteiger partial charge in [0, 0.05) is 6.54 Å². The summed E-state index contributed by atoms with van der Waals surface area (Å²) in [6, 6.07) is 0.178. The van der Waals surface area contributed by atoms with Crippen molar-refractivity contribution in [2.75, 3.05) is 13.1 Å². The van der Waals surface area contributed by atoms with Crippen LogP contribution in [0.1, 0.15) is 6.42 Å². The second-order valence-corrected chi connectivity index (χ2v) is 2.95. The molecule has 68 valence electrons. The van der Waals surface area contributed by atoms with Gasteiger partial charge in [-0.3, -0.25) is 9.79 Å². The predicted octanol–water partition coefficient (Wildman–Crippen LogP) is -0.456. The minimum atomic E-state index is 0. The van der Waals surface area contributed by atoms with Crippen LogP contribution < -0.4 is 10.6 Å². The highest BCUT2D eigenvalue weighted by molar-refractivity contribution is 5.91. The highest BCUT2D eigenvalue weighted by Crippen LogP contribution is 2.17. The minimum Gasteiger partial charge on any atom is -0.317 e. The molecule has 0 aromatic carbocycles. The molecular weight excluding hydrogens is 178 g/mol. The van der Waals surface area contributed by atoms with Crippen LogP contribution in [0.2, 0.25) is 0 Å². The monoisotopic (exact) mass is 189 g/mol. The third-order valence-electron chi connectivity index (χ3n) is 2.26. The summed E-state index contributed by atoms with van der Waals surface area (Å²) in [4.78, 5) is 15.4. The number of amides is 1. The highest BCUT2D eigenvalue weighted by atomic mass is 35.5. The van der Waals surface area contributed by atoms with Crippen molar-refractivity contribution in [3.05, 3.63) is 0 Å². The van der Waals surface area contributed by atoms with E-state index in [1.807, 2.05) is 0 Å². The molecule has 2 heterocycles. The molecule has 2 N–H and O–H groups in total. The van der Waals surface area contributed by atoms with Crippen LogP contribution in [0.4, 0.5) is 0 Å². The topological polar surface area (TPSA) is 53.5 Å². The Morgan fingerprint density at radius 1 is 1.58 bits per heavy atom. The zero-order valence-electron chi connectivity index (χ0n) is 6.62. The van der Waals surface area contributed by atoms with E-state index in [4.69, 9.17) is 0 Å². The Bertz CT molecular complexity index is 207. The minimum absolute atomic E-state index is 0. The van der Waals surface area contributed by atoms with Crippen LogP contribution in [-0.4, -0.2) is 31.4 Å². The van der Waals surface area contributed by atoms with E-state index in [0.717, 1.165) is 19.5 Å².